The van der Waals surface area contributed by atoms with Gasteiger partial charge in [0.1, 0.15) is 0 Å². The van der Waals surface area contributed by atoms with Crippen molar-refractivity contribution in [1.29, 1.82) is 0 Å². The van der Waals surface area contributed by atoms with Crippen LogP contribution in [0.15, 0.2) is 12.3 Å². The molecular formula is C7H11IN2. The first kappa shape index (κ1) is 8.04. The first-order chi connectivity index (χ1) is 4.84. The maximum atomic E-state index is 4.16. The number of halogens is 1. The van der Waals surface area contributed by atoms with E-state index >= 15 is 0 Å². The van der Waals surface area contributed by atoms with Gasteiger partial charge in [0.15, 0.2) is 0 Å². The van der Waals surface area contributed by atoms with Crippen LogP contribution in [0, 0.1) is 3.70 Å². The third-order valence-corrected chi connectivity index (χ3v) is 2.30. The molecule has 0 saturated heterocycles. The first-order valence-electron chi connectivity index (χ1n) is 3.52. The maximum Gasteiger partial charge on any atom is 0.0989 e. The largest absolute Gasteiger partial charge is 0.259 e. The minimum Gasteiger partial charge on any atom is -0.259 e. The highest BCUT2D eigenvalue weighted by Crippen LogP contribution is 2.03. The molecule has 56 valence electrons. The summed E-state index contributed by atoms with van der Waals surface area (Å²) in [6.45, 7) is 3.25. The lowest BCUT2D eigenvalue weighted by atomic mass is 10.3. The summed E-state index contributed by atoms with van der Waals surface area (Å²) in [5.41, 5.74) is 0. The highest BCUT2D eigenvalue weighted by molar-refractivity contribution is 14.1. The fraction of sp³-hybridized carbons (Fsp3) is 0.571. The second kappa shape index (κ2) is 3.95. The van der Waals surface area contributed by atoms with Crippen molar-refractivity contribution in [2.24, 2.45) is 0 Å². The summed E-state index contributed by atoms with van der Waals surface area (Å²) in [5.74, 6) is 0. The lowest BCUT2D eigenvalue weighted by Gasteiger charge is -1.99. The van der Waals surface area contributed by atoms with Gasteiger partial charge in [0, 0.05) is 6.54 Å². The molecule has 0 N–H and O–H groups in total. The Morgan fingerprint density at radius 2 is 2.50 bits per heavy atom. The summed E-state index contributed by atoms with van der Waals surface area (Å²) in [4.78, 5) is 0. The molecule has 0 spiro atoms. The lowest BCUT2D eigenvalue weighted by Crippen LogP contribution is -2.01. The van der Waals surface area contributed by atoms with Gasteiger partial charge in [-0.2, -0.15) is 5.10 Å². The van der Waals surface area contributed by atoms with Crippen molar-refractivity contribution in [3.05, 3.63) is 16.0 Å². The molecule has 1 rings (SSSR count). The predicted octanol–water partition coefficient (Wildman–Crippen LogP) is 2.29. The van der Waals surface area contributed by atoms with E-state index in [1.807, 2.05) is 16.9 Å². The zero-order valence-electron chi connectivity index (χ0n) is 6.05. The van der Waals surface area contributed by atoms with Crippen LogP contribution in [-0.2, 0) is 6.54 Å². The van der Waals surface area contributed by atoms with Crippen molar-refractivity contribution >= 4 is 22.6 Å². The predicted molar refractivity (Wildman–Crippen MR) is 49.9 cm³/mol. The van der Waals surface area contributed by atoms with Gasteiger partial charge in [0.05, 0.1) is 9.90 Å². The van der Waals surface area contributed by atoms with Crippen molar-refractivity contribution in [3.63, 3.8) is 0 Å². The number of aryl methyl sites for hydroxylation is 1. The van der Waals surface area contributed by atoms with E-state index in [1.54, 1.807) is 0 Å². The lowest BCUT2D eigenvalue weighted by molar-refractivity contribution is 0.561. The molecular weight excluding hydrogens is 239 g/mol. The molecule has 0 bridgehead atoms. The summed E-state index contributed by atoms with van der Waals surface area (Å²) in [6.07, 6.45) is 4.30. The summed E-state index contributed by atoms with van der Waals surface area (Å²) in [7, 11) is 0. The number of nitrogens with zero attached hydrogens (tertiary/aromatic N) is 2. The van der Waals surface area contributed by atoms with Crippen molar-refractivity contribution in [2.45, 2.75) is 26.3 Å². The van der Waals surface area contributed by atoms with Crippen LogP contribution >= 0.6 is 22.6 Å². The normalized spacial score (nSPS) is 10.2. The minimum absolute atomic E-state index is 1.06. The first-order valence-corrected chi connectivity index (χ1v) is 4.59. The molecule has 0 fully saturated rings. The zero-order chi connectivity index (χ0) is 7.40. The number of unbranched alkanes of at least 4 members (excludes halogenated alkanes) is 1. The summed E-state index contributed by atoms with van der Waals surface area (Å²) < 4.78 is 3.26. The van der Waals surface area contributed by atoms with Crippen molar-refractivity contribution in [1.82, 2.24) is 9.78 Å². The molecule has 1 heterocycles. The van der Waals surface area contributed by atoms with Gasteiger partial charge in [-0.25, -0.2) is 0 Å². The quantitative estimate of drug-likeness (QED) is 0.752. The van der Waals surface area contributed by atoms with Crippen LogP contribution in [-0.4, -0.2) is 9.78 Å². The SMILES string of the molecule is CCCCn1nccc1I. The van der Waals surface area contributed by atoms with Gasteiger partial charge in [-0.1, -0.05) is 13.3 Å². The highest BCUT2D eigenvalue weighted by Gasteiger charge is 1.94. The Morgan fingerprint density at radius 1 is 1.70 bits per heavy atom. The third kappa shape index (κ3) is 1.97. The Balaban J connectivity index is 2.49. The number of rotatable bonds is 3. The van der Waals surface area contributed by atoms with Crippen LogP contribution < -0.4 is 0 Å². The molecule has 1 aromatic heterocycles. The van der Waals surface area contributed by atoms with Gasteiger partial charge >= 0.3 is 0 Å². The maximum absolute atomic E-state index is 4.16. The van der Waals surface area contributed by atoms with Crippen molar-refractivity contribution in [2.75, 3.05) is 0 Å². The van der Waals surface area contributed by atoms with E-state index in [0.29, 0.717) is 0 Å². The monoisotopic (exact) mass is 250 g/mol. The average molecular weight is 250 g/mol. The Hall–Kier alpha value is -0.0600. The van der Waals surface area contributed by atoms with Gasteiger partial charge < -0.3 is 0 Å². The van der Waals surface area contributed by atoms with Gasteiger partial charge in [-0.05, 0) is 35.1 Å². The van der Waals surface area contributed by atoms with E-state index in [-0.39, 0.29) is 0 Å². The smallest absolute Gasteiger partial charge is 0.0989 e. The molecule has 0 aromatic carbocycles. The summed E-state index contributed by atoms with van der Waals surface area (Å²) >= 11 is 2.30. The molecule has 10 heavy (non-hydrogen) atoms. The van der Waals surface area contributed by atoms with Gasteiger partial charge in [-0.3, -0.25) is 4.68 Å². The molecule has 0 unspecified atom stereocenters. The van der Waals surface area contributed by atoms with Gasteiger partial charge in [0.25, 0.3) is 0 Å². The Labute approximate surface area is 74.8 Å². The molecule has 0 aliphatic heterocycles. The van der Waals surface area contributed by atoms with E-state index in [1.165, 1.54) is 16.5 Å². The fourth-order valence-corrected chi connectivity index (χ4v) is 1.32. The molecule has 0 radical (unpaired) electrons. The molecule has 3 heteroatoms. The van der Waals surface area contributed by atoms with Crippen LogP contribution in [0.1, 0.15) is 19.8 Å². The molecule has 0 amide bonds. The van der Waals surface area contributed by atoms with Gasteiger partial charge in [0.2, 0.25) is 0 Å². The fourth-order valence-electron chi connectivity index (χ4n) is 0.789. The van der Waals surface area contributed by atoms with Crippen molar-refractivity contribution in [3.8, 4) is 0 Å². The number of hydrogen-bond donors (Lipinski definition) is 0. The van der Waals surface area contributed by atoms with E-state index in [4.69, 9.17) is 0 Å². The van der Waals surface area contributed by atoms with Crippen LogP contribution in [0.5, 0.6) is 0 Å². The Bertz CT molecular complexity index is 195. The van der Waals surface area contributed by atoms with Crippen LogP contribution in [0.3, 0.4) is 0 Å². The molecule has 0 aliphatic rings. The van der Waals surface area contributed by atoms with E-state index in [2.05, 4.69) is 34.6 Å². The second-order valence-electron chi connectivity index (χ2n) is 2.23. The minimum atomic E-state index is 1.06. The molecule has 0 aliphatic carbocycles. The second-order valence-corrected chi connectivity index (χ2v) is 3.34. The van der Waals surface area contributed by atoms with E-state index < -0.39 is 0 Å². The molecule has 0 saturated carbocycles. The number of aromatic nitrogens is 2. The molecule has 2 nitrogen and oxygen atoms in total. The third-order valence-electron chi connectivity index (χ3n) is 1.39. The Morgan fingerprint density at radius 3 is 3.00 bits per heavy atom. The average Bonchev–Trinajstić information content (AvgIpc) is 2.31. The topological polar surface area (TPSA) is 17.8 Å². The van der Waals surface area contributed by atoms with E-state index in [9.17, 15) is 0 Å². The highest BCUT2D eigenvalue weighted by atomic mass is 127. The molecule has 1 aromatic rings. The van der Waals surface area contributed by atoms with Crippen LogP contribution in [0.25, 0.3) is 0 Å². The summed E-state index contributed by atoms with van der Waals surface area (Å²) in [6, 6.07) is 2.02. The van der Waals surface area contributed by atoms with Crippen LogP contribution in [0.2, 0.25) is 0 Å². The van der Waals surface area contributed by atoms with Crippen molar-refractivity contribution < 1.29 is 0 Å². The number of hydrogen-bond acceptors (Lipinski definition) is 1. The standard InChI is InChI=1S/C7H11IN2/c1-2-3-6-10-7(8)4-5-9-10/h4-5H,2-3,6H2,1H3. The molecule has 0 atom stereocenters. The zero-order valence-corrected chi connectivity index (χ0v) is 8.21. The summed E-state index contributed by atoms with van der Waals surface area (Å²) in [5, 5.41) is 4.16. The Kier molecular flexibility index (Phi) is 3.18. The van der Waals surface area contributed by atoms with E-state index in [0.717, 1.165) is 6.54 Å². The van der Waals surface area contributed by atoms with Gasteiger partial charge in [-0.15, -0.1) is 0 Å². The van der Waals surface area contributed by atoms with Crippen LogP contribution in [0.4, 0.5) is 0 Å².